The van der Waals surface area contributed by atoms with Crippen molar-refractivity contribution in [3.05, 3.63) is 102 Å². The minimum atomic E-state index is -4.48. The van der Waals surface area contributed by atoms with E-state index in [1.165, 1.54) is 36.6 Å². The first-order chi connectivity index (χ1) is 16.3. The summed E-state index contributed by atoms with van der Waals surface area (Å²) in [4.78, 5) is 28.3. The van der Waals surface area contributed by atoms with Crippen molar-refractivity contribution in [3.8, 4) is 11.6 Å². The van der Waals surface area contributed by atoms with Gasteiger partial charge in [-0.05, 0) is 60.7 Å². The number of ether oxygens (including phenoxy) is 1. The van der Waals surface area contributed by atoms with Crippen LogP contribution in [-0.2, 0) is 6.18 Å². The van der Waals surface area contributed by atoms with Crippen molar-refractivity contribution in [2.75, 3.05) is 10.6 Å². The van der Waals surface area contributed by atoms with Gasteiger partial charge in [-0.2, -0.15) is 13.2 Å². The summed E-state index contributed by atoms with van der Waals surface area (Å²) in [5, 5.41) is 5.39. The molecule has 0 unspecified atom stereocenters. The molecule has 2 heterocycles. The maximum Gasteiger partial charge on any atom is 0.417 e. The van der Waals surface area contributed by atoms with Gasteiger partial charge in [0.2, 0.25) is 5.88 Å². The number of pyridine rings is 1. The standard InChI is InChI=1S/C24H16F3N3O4/c25-24(26,27)16-8-11-21(28-14-16)34-19-9-6-15(7-10-19)22(31)29-17-3-1-4-18(13-17)30-23(32)20-5-2-12-33-20/h1-14H,(H,29,31)(H,30,32). The van der Waals surface area contributed by atoms with Gasteiger partial charge in [0, 0.05) is 29.2 Å². The van der Waals surface area contributed by atoms with Crippen molar-refractivity contribution in [1.29, 1.82) is 0 Å². The second kappa shape index (κ2) is 9.49. The fourth-order valence-corrected chi connectivity index (χ4v) is 2.88. The Morgan fingerprint density at radius 2 is 1.56 bits per heavy atom. The summed E-state index contributed by atoms with van der Waals surface area (Å²) in [6, 6.07) is 17.7. The minimum absolute atomic E-state index is 0.0152. The van der Waals surface area contributed by atoms with Gasteiger partial charge in [0.05, 0.1) is 11.8 Å². The number of alkyl halides is 3. The van der Waals surface area contributed by atoms with Crippen LogP contribution in [0, 0.1) is 0 Å². The molecule has 0 fully saturated rings. The lowest BCUT2D eigenvalue weighted by Crippen LogP contribution is -2.13. The van der Waals surface area contributed by atoms with Crippen LogP contribution < -0.4 is 15.4 Å². The number of nitrogens with zero attached hydrogens (tertiary/aromatic N) is 1. The summed E-state index contributed by atoms with van der Waals surface area (Å²) in [5.41, 5.74) is 0.359. The number of amides is 2. The molecule has 0 spiro atoms. The number of hydrogen-bond donors (Lipinski definition) is 2. The van der Waals surface area contributed by atoms with Gasteiger partial charge in [-0.3, -0.25) is 9.59 Å². The Labute approximate surface area is 191 Å². The zero-order valence-corrected chi connectivity index (χ0v) is 17.3. The van der Waals surface area contributed by atoms with Crippen molar-refractivity contribution < 1.29 is 31.9 Å². The molecule has 34 heavy (non-hydrogen) atoms. The Morgan fingerprint density at radius 1 is 0.853 bits per heavy atom. The average Bonchev–Trinajstić information content (AvgIpc) is 3.35. The number of carbonyl (C=O) groups is 2. The molecule has 2 amide bonds. The second-order valence-corrected chi connectivity index (χ2v) is 6.98. The molecule has 0 atom stereocenters. The number of carbonyl (C=O) groups excluding carboxylic acids is 2. The van der Waals surface area contributed by atoms with Gasteiger partial charge in [0.1, 0.15) is 5.75 Å². The largest absolute Gasteiger partial charge is 0.459 e. The highest BCUT2D eigenvalue weighted by Gasteiger charge is 2.30. The van der Waals surface area contributed by atoms with Gasteiger partial charge < -0.3 is 19.8 Å². The molecule has 4 aromatic rings. The molecule has 2 N–H and O–H groups in total. The Kier molecular flexibility index (Phi) is 6.30. The lowest BCUT2D eigenvalue weighted by Gasteiger charge is -2.10. The Hall–Kier alpha value is -4.60. The third-order valence-electron chi connectivity index (χ3n) is 4.53. The molecule has 0 aliphatic rings. The number of aromatic nitrogens is 1. The summed E-state index contributed by atoms with van der Waals surface area (Å²) in [6.45, 7) is 0. The van der Waals surface area contributed by atoms with Crippen LogP contribution in [0.4, 0.5) is 24.5 Å². The van der Waals surface area contributed by atoms with Crippen LogP contribution in [0.2, 0.25) is 0 Å². The van der Waals surface area contributed by atoms with Gasteiger partial charge in [-0.1, -0.05) is 6.07 Å². The first-order valence-corrected chi connectivity index (χ1v) is 9.85. The van der Waals surface area contributed by atoms with Gasteiger partial charge in [0.25, 0.3) is 11.8 Å². The first-order valence-electron chi connectivity index (χ1n) is 9.85. The molecule has 4 rings (SSSR count). The number of furan rings is 1. The zero-order valence-electron chi connectivity index (χ0n) is 17.3. The molecule has 7 nitrogen and oxygen atoms in total. The quantitative estimate of drug-likeness (QED) is 0.363. The van der Waals surface area contributed by atoms with Crippen LogP contribution in [0.5, 0.6) is 11.6 Å². The minimum Gasteiger partial charge on any atom is -0.459 e. The monoisotopic (exact) mass is 467 g/mol. The Bertz CT molecular complexity index is 1290. The van der Waals surface area contributed by atoms with Crippen LogP contribution in [0.25, 0.3) is 0 Å². The van der Waals surface area contributed by atoms with Crippen LogP contribution in [0.3, 0.4) is 0 Å². The van der Waals surface area contributed by atoms with Gasteiger partial charge in [-0.15, -0.1) is 0 Å². The molecule has 0 radical (unpaired) electrons. The molecule has 0 saturated carbocycles. The summed E-state index contributed by atoms with van der Waals surface area (Å²) >= 11 is 0. The molecule has 10 heteroatoms. The fourth-order valence-electron chi connectivity index (χ4n) is 2.88. The number of rotatable bonds is 6. The zero-order chi connectivity index (χ0) is 24.1. The van der Waals surface area contributed by atoms with E-state index in [0.717, 1.165) is 12.1 Å². The lowest BCUT2D eigenvalue weighted by molar-refractivity contribution is -0.137. The molecule has 0 bridgehead atoms. The Balaban J connectivity index is 1.37. The highest BCUT2D eigenvalue weighted by molar-refractivity contribution is 6.05. The summed E-state index contributed by atoms with van der Waals surface area (Å²) in [5.74, 6) is -0.395. The SMILES string of the molecule is O=C(Nc1cccc(NC(=O)c2ccco2)c1)c1ccc(Oc2ccc(C(F)(F)F)cn2)cc1. The molecule has 0 aliphatic heterocycles. The van der Waals surface area contributed by atoms with E-state index in [0.29, 0.717) is 28.9 Å². The number of nitrogens with one attached hydrogen (secondary N) is 2. The van der Waals surface area contributed by atoms with Crippen LogP contribution in [0.15, 0.2) is 89.7 Å². The van der Waals surface area contributed by atoms with E-state index in [1.54, 1.807) is 30.3 Å². The highest BCUT2D eigenvalue weighted by Crippen LogP contribution is 2.30. The molecule has 172 valence electrons. The average molecular weight is 467 g/mol. The van der Waals surface area contributed by atoms with E-state index in [1.807, 2.05) is 0 Å². The van der Waals surface area contributed by atoms with Crippen molar-refractivity contribution in [2.24, 2.45) is 0 Å². The van der Waals surface area contributed by atoms with Crippen molar-refractivity contribution in [3.63, 3.8) is 0 Å². The number of benzene rings is 2. The third-order valence-corrected chi connectivity index (χ3v) is 4.53. The van der Waals surface area contributed by atoms with Crippen molar-refractivity contribution in [2.45, 2.75) is 6.18 Å². The Morgan fingerprint density at radius 3 is 2.15 bits per heavy atom. The number of hydrogen-bond acceptors (Lipinski definition) is 5. The molecule has 0 saturated heterocycles. The van der Waals surface area contributed by atoms with E-state index in [2.05, 4.69) is 15.6 Å². The van der Waals surface area contributed by atoms with Gasteiger partial charge in [0.15, 0.2) is 5.76 Å². The van der Waals surface area contributed by atoms with Crippen molar-refractivity contribution in [1.82, 2.24) is 4.98 Å². The van der Waals surface area contributed by atoms with Crippen LogP contribution in [-0.4, -0.2) is 16.8 Å². The lowest BCUT2D eigenvalue weighted by atomic mass is 10.2. The summed E-state index contributed by atoms with van der Waals surface area (Å²) < 4.78 is 48.3. The maximum atomic E-state index is 12.6. The maximum absolute atomic E-state index is 12.6. The van der Waals surface area contributed by atoms with E-state index < -0.39 is 23.6 Å². The summed E-state index contributed by atoms with van der Waals surface area (Å²) in [6.07, 6.45) is -2.41. The second-order valence-electron chi connectivity index (χ2n) is 6.98. The van der Waals surface area contributed by atoms with Crippen molar-refractivity contribution >= 4 is 23.2 Å². The summed E-state index contributed by atoms with van der Waals surface area (Å²) in [7, 11) is 0. The van der Waals surface area contributed by atoms with Gasteiger partial charge in [-0.25, -0.2) is 4.98 Å². The third kappa shape index (κ3) is 5.60. The molecular weight excluding hydrogens is 451 g/mol. The number of anilines is 2. The van der Waals surface area contributed by atoms with Crippen LogP contribution in [0.1, 0.15) is 26.5 Å². The molecular formula is C24H16F3N3O4. The fraction of sp³-hybridized carbons (Fsp3) is 0.0417. The van der Waals surface area contributed by atoms with E-state index in [-0.39, 0.29) is 11.6 Å². The number of halogens is 3. The topological polar surface area (TPSA) is 93.5 Å². The van der Waals surface area contributed by atoms with Crippen LogP contribution >= 0.6 is 0 Å². The first kappa shape index (κ1) is 22.6. The molecule has 0 aliphatic carbocycles. The molecule has 2 aromatic carbocycles. The molecule has 2 aromatic heterocycles. The smallest absolute Gasteiger partial charge is 0.417 e. The van der Waals surface area contributed by atoms with Gasteiger partial charge >= 0.3 is 6.18 Å². The predicted molar refractivity (Wildman–Crippen MR) is 117 cm³/mol. The van der Waals surface area contributed by atoms with E-state index >= 15 is 0 Å². The van der Waals surface area contributed by atoms with E-state index in [4.69, 9.17) is 9.15 Å². The predicted octanol–water partition coefficient (Wildman–Crippen LogP) is 5.99. The van der Waals surface area contributed by atoms with E-state index in [9.17, 15) is 22.8 Å². The highest BCUT2D eigenvalue weighted by atomic mass is 19.4. The normalized spacial score (nSPS) is 11.0.